The van der Waals surface area contributed by atoms with E-state index < -0.39 is 0 Å². The second-order valence-corrected chi connectivity index (χ2v) is 15.4. The molecule has 2 nitrogen and oxygen atoms in total. The van der Waals surface area contributed by atoms with Crippen LogP contribution >= 0.6 is 0 Å². The molecule has 0 heterocycles. The predicted octanol–water partition coefficient (Wildman–Crippen LogP) is 13.9. The van der Waals surface area contributed by atoms with Crippen LogP contribution < -0.4 is 9.80 Å². The standard InChI is InChI=1S/C52H46N2/c1-37-33-46(35-40-15-13-14-22-47(37)40)54(43-20-11-6-12-21-43)44-28-25-38(26-29-44)23-24-39-27-31-48-49-32-30-45(36-51(49)52(2,3)50(48)34-39)53(41-16-7-4-8-17-41)42-18-9-5-10-19-42/h4-9,11-18,20-37,47H,10,19H2,1-3H3/b24-23+/t37-,47?/m0/s1. The van der Waals surface area contributed by atoms with Crippen LogP contribution in [-0.4, -0.2) is 0 Å². The third-order valence-electron chi connectivity index (χ3n) is 11.5. The van der Waals surface area contributed by atoms with Crippen molar-refractivity contribution in [1.29, 1.82) is 0 Å². The van der Waals surface area contributed by atoms with Crippen molar-refractivity contribution >= 4 is 34.9 Å². The first-order valence-electron chi connectivity index (χ1n) is 19.4. The van der Waals surface area contributed by atoms with Crippen LogP contribution in [0.3, 0.4) is 0 Å². The van der Waals surface area contributed by atoms with Crippen LogP contribution in [0.1, 0.15) is 55.9 Å². The average Bonchev–Trinajstić information content (AvgIpc) is 3.44. The van der Waals surface area contributed by atoms with E-state index in [1.54, 1.807) is 0 Å². The van der Waals surface area contributed by atoms with Gasteiger partial charge in [0.1, 0.15) is 0 Å². The number of hydrogen-bond donors (Lipinski definition) is 0. The van der Waals surface area contributed by atoms with Gasteiger partial charge in [0, 0.05) is 45.5 Å². The molecule has 0 saturated heterocycles. The van der Waals surface area contributed by atoms with Gasteiger partial charge in [-0.2, -0.15) is 0 Å². The van der Waals surface area contributed by atoms with Gasteiger partial charge >= 0.3 is 0 Å². The molecule has 0 fully saturated rings. The predicted molar refractivity (Wildman–Crippen MR) is 230 cm³/mol. The molecule has 0 aromatic heterocycles. The molecule has 0 radical (unpaired) electrons. The largest absolute Gasteiger partial charge is 0.314 e. The molecule has 2 atom stereocenters. The molecule has 0 spiro atoms. The van der Waals surface area contributed by atoms with Gasteiger partial charge in [-0.1, -0.05) is 148 Å². The fourth-order valence-corrected chi connectivity index (χ4v) is 8.70. The lowest BCUT2D eigenvalue weighted by Gasteiger charge is -2.33. The lowest BCUT2D eigenvalue weighted by molar-refractivity contribution is 0.576. The summed E-state index contributed by atoms with van der Waals surface area (Å²) in [6.45, 7) is 7.07. The quantitative estimate of drug-likeness (QED) is 0.149. The fraction of sp³-hybridized carbons (Fsp3) is 0.154. The van der Waals surface area contributed by atoms with E-state index >= 15 is 0 Å². The van der Waals surface area contributed by atoms with Crippen LogP contribution in [0.4, 0.5) is 22.7 Å². The highest BCUT2D eigenvalue weighted by molar-refractivity contribution is 5.86. The maximum atomic E-state index is 2.44. The van der Waals surface area contributed by atoms with E-state index in [4.69, 9.17) is 0 Å². The van der Waals surface area contributed by atoms with Crippen LogP contribution in [0.15, 0.2) is 193 Å². The fourth-order valence-electron chi connectivity index (χ4n) is 8.70. The molecule has 0 saturated carbocycles. The summed E-state index contributed by atoms with van der Waals surface area (Å²) >= 11 is 0. The van der Waals surface area contributed by atoms with Crippen molar-refractivity contribution in [1.82, 2.24) is 0 Å². The number of nitrogens with zero attached hydrogens (tertiary/aromatic N) is 2. The first-order chi connectivity index (χ1) is 26.4. The number of allylic oxidation sites excluding steroid dienone is 11. The van der Waals surface area contributed by atoms with E-state index in [-0.39, 0.29) is 5.41 Å². The summed E-state index contributed by atoms with van der Waals surface area (Å²) in [6.07, 6.45) is 27.0. The molecule has 4 aliphatic carbocycles. The van der Waals surface area contributed by atoms with Crippen molar-refractivity contribution in [3.05, 3.63) is 215 Å². The molecule has 1 unspecified atom stereocenters. The molecular weight excluding hydrogens is 653 g/mol. The van der Waals surface area contributed by atoms with Crippen LogP contribution in [-0.2, 0) is 5.41 Å². The van der Waals surface area contributed by atoms with Gasteiger partial charge in [0.25, 0.3) is 0 Å². The summed E-state index contributed by atoms with van der Waals surface area (Å²) in [7, 11) is 0. The second kappa shape index (κ2) is 14.0. The Morgan fingerprint density at radius 2 is 1.26 bits per heavy atom. The molecule has 0 amide bonds. The molecule has 54 heavy (non-hydrogen) atoms. The minimum Gasteiger partial charge on any atom is -0.314 e. The van der Waals surface area contributed by atoms with Gasteiger partial charge in [-0.05, 0) is 118 Å². The van der Waals surface area contributed by atoms with Gasteiger partial charge < -0.3 is 9.80 Å². The average molecular weight is 699 g/mol. The number of para-hydroxylation sites is 2. The number of fused-ring (bicyclic) bond motifs is 4. The highest BCUT2D eigenvalue weighted by Crippen LogP contribution is 2.51. The van der Waals surface area contributed by atoms with Crippen LogP contribution in [0.2, 0.25) is 0 Å². The Balaban J connectivity index is 0.985. The van der Waals surface area contributed by atoms with Crippen molar-refractivity contribution in [2.24, 2.45) is 11.8 Å². The minimum atomic E-state index is -0.124. The maximum absolute atomic E-state index is 2.44. The first kappa shape index (κ1) is 33.7. The Labute approximate surface area is 320 Å². The summed E-state index contributed by atoms with van der Waals surface area (Å²) in [4.78, 5) is 4.82. The van der Waals surface area contributed by atoms with E-state index in [2.05, 4.69) is 219 Å². The lowest BCUT2D eigenvalue weighted by atomic mass is 9.80. The van der Waals surface area contributed by atoms with Crippen molar-refractivity contribution < 1.29 is 0 Å². The van der Waals surface area contributed by atoms with E-state index in [0.29, 0.717) is 11.8 Å². The zero-order valence-corrected chi connectivity index (χ0v) is 31.4. The molecule has 5 aromatic rings. The van der Waals surface area contributed by atoms with Crippen LogP contribution in [0.5, 0.6) is 0 Å². The highest BCUT2D eigenvalue weighted by atomic mass is 15.2. The van der Waals surface area contributed by atoms with Gasteiger partial charge in [0.15, 0.2) is 0 Å². The number of benzene rings is 5. The van der Waals surface area contributed by atoms with Crippen LogP contribution in [0, 0.1) is 11.8 Å². The van der Waals surface area contributed by atoms with Crippen molar-refractivity contribution in [2.75, 3.05) is 9.80 Å². The molecular formula is C52H46N2. The zero-order chi connectivity index (χ0) is 36.6. The van der Waals surface area contributed by atoms with Gasteiger partial charge in [0.2, 0.25) is 0 Å². The van der Waals surface area contributed by atoms with Crippen molar-refractivity contribution in [3.8, 4) is 11.1 Å². The Hall–Kier alpha value is -6.12. The van der Waals surface area contributed by atoms with Crippen molar-refractivity contribution in [2.45, 2.75) is 39.0 Å². The monoisotopic (exact) mass is 698 g/mol. The molecule has 5 aromatic carbocycles. The maximum Gasteiger partial charge on any atom is 0.0461 e. The van der Waals surface area contributed by atoms with Gasteiger partial charge in [0.05, 0.1) is 0 Å². The highest BCUT2D eigenvalue weighted by Gasteiger charge is 2.36. The first-order valence-corrected chi connectivity index (χ1v) is 19.4. The summed E-state index contributed by atoms with van der Waals surface area (Å²) in [5.41, 5.74) is 16.3. The topological polar surface area (TPSA) is 6.48 Å². The Morgan fingerprint density at radius 1 is 0.630 bits per heavy atom. The molecule has 4 aliphatic rings. The molecule has 2 heteroatoms. The Kier molecular flexibility index (Phi) is 8.75. The molecule has 0 bridgehead atoms. The normalized spacial score (nSPS) is 19.1. The molecule has 0 N–H and O–H groups in total. The molecule has 0 aliphatic heterocycles. The summed E-state index contributed by atoms with van der Waals surface area (Å²) in [5.74, 6) is 0.856. The molecule has 264 valence electrons. The van der Waals surface area contributed by atoms with E-state index in [9.17, 15) is 0 Å². The number of hydrogen-bond acceptors (Lipinski definition) is 2. The van der Waals surface area contributed by atoms with Crippen LogP contribution in [0.25, 0.3) is 23.3 Å². The third kappa shape index (κ3) is 6.22. The summed E-state index contributed by atoms with van der Waals surface area (Å²) < 4.78 is 0. The zero-order valence-electron chi connectivity index (χ0n) is 31.4. The third-order valence-corrected chi connectivity index (χ3v) is 11.5. The summed E-state index contributed by atoms with van der Waals surface area (Å²) in [6, 6.07) is 44.5. The van der Waals surface area contributed by atoms with Gasteiger partial charge in [-0.25, -0.2) is 0 Å². The Bertz CT molecular complexity index is 2420. The second-order valence-electron chi connectivity index (χ2n) is 15.4. The Morgan fingerprint density at radius 3 is 1.98 bits per heavy atom. The van der Waals surface area contributed by atoms with E-state index in [1.807, 2.05) is 0 Å². The van der Waals surface area contributed by atoms with E-state index in [0.717, 1.165) is 24.2 Å². The minimum absolute atomic E-state index is 0.124. The number of anilines is 4. The van der Waals surface area contributed by atoms with Crippen molar-refractivity contribution in [3.63, 3.8) is 0 Å². The molecule has 9 rings (SSSR count). The van der Waals surface area contributed by atoms with Gasteiger partial charge in [-0.15, -0.1) is 0 Å². The smallest absolute Gasteiger partial charge is 0.0461 e. The van der Waals surface area contributed by atoms with Gasteiger partial charge in [-0.3, -0.25) is 0 Å². The lowest BCUT2D eigenvalue weighted by Crippen LogP contribution is -2.22. The SMILES string of the molecule is C[C@H]1C=C(N(c2ccccc2)c2ccc(/C=C/c3ccc4c(c3)C(C)(C)c3cc(N(C5=CC=CCC5)c5ccccc5)ccc3-4)cc2)C=C2C=CC=CC21. The summed E-state index contributed by atoms with van der Waals surface area (Å²) in [5, 5.41) is 0. The van der Waals surface area contributed by atoms with E-state index in [1.165, 1.54) is 61.7 Å². The number of rotatable bonds is 8.